The fourth-order valence-corrected chi connectivity index (χ4v) is 15.9. The van der Waals surface area contributed by atoms with Gasteiger partial charge in [0.2, 0.25) is 0 Å². The van der Waals surface area contributed by atoms with Crippen molar-refractivity contribution in [3.63, 3.8) is 0 Å². The molecule has 0 saturated carbocycles. The summed E-state index contributed by atoms with van der Waals surface area (Å²) < 4.78 is 38.0. The summed E-state index contributed by atoms with van der Waals surface area (Å²) in [7, 11) is 3.21. The third-order valence-corrected chi connectivity index (χ3v) is 23.3. The number of Topliss-reactive ketones (excluding diaryl/α,β-unsaturated/α-hetero) is 4. The Morgan fingerprint density at radius 3 is 1.39 bits per heavy atom. The molecular weight excluding hydrogens is 1940 g/mol. The molecule has 0 bridgehead atoms. The fourth-order valence-electron chi connectivity index (χ4n) is 15.6. The number of aliphatic imine (C=N–C) groups is 3. The van der Waals surface area contributed by atoms with E-state index in [1.54, 1.807) is 80.6 Å². The second-order valence-electron chi connectivity index (χ2n) is 36.4. The van der Waals surface area contributed by atoms with Gasteiger partial charge >= 0.3 is 61.7 Å². The summed E-state index contributed by atoms with van der Waals surface area (Å²) in [6.07, 6.45) is 0.732. The van der Waals surface area contributed by atoms with Crippen LogP contribution in [0.4, 0.5) is 10.5 Å². The summed E-state index contributed by atoms with van der Waals surface area (Å²) in [6.45, 7) is 56.5. The van der Waals surface area contributed by atoms with Gasteiger partial charge in [0.25, 0.3) is 0 Å². The smallest absolute Gasteiger partial charge is 0.554 e. The van der Waals surface area contributed by atoms with Crippen LogP contribution >= 0.6 is 23.2 Å². The Balaban J connectivity index is 0.000000344. The number of aliphatic hydroxyl groups is 1. The molecule has 7 heterocycles. The summed E-state index contributed by atoms with van der Waals surface area (Å²) >= 11 is 11.0. The van der Waals surface area contributed by atoms with Crippen molar-refractivity contribution >= 4 is 91.9 Å². The molecule has 11 aromatic rings. The fraction of sp³-hybridized carbons (Fsp3) is 0.371. The van der Waals surface area contributed by atoms with E-state index < -0.39 is 6.10 Å². The predicted octanol–water partition coefficient (Wildman–Crippen LogP) is 27.0. The second kappa shape index (κ2) is 59.5. The molecule has 3 aromatic heterocycles. The molecule has 8 aromatic carbocycles. The van der Waals surface area contributed by atoms with Gasteiger partial charge in [0.15, 0.2) is 5.78 Å². The van der Waals surface area contributed by atoms with E-state index in [0.717, 1.165) is 136 Å². The summed E-state index contributed by atoms with van der Waals surface area (Å²) in [5.74, 6) is 4.62. The van der Waals surface area contributed by atoms with Crippen molar-refractivity contribution < 1.29 is 117 Å². The van der Waals surface area contributed by atoms with Crippen LogP contribution in [0.2, 0.25) is 10.0 Å². The minimum atomic E-state index is -0.510. The molecular formula is C116H138Cl2N8O13V3. The van der Waals surface area contributed by atoms with Crippen molar-refractivity contribution in [1.29, 1.82) is 0 Å². The number of methoxy groups -OCH3 is 2. The molecule has 0 aliphatic carbocycles. The van der Waals surface area contributed by atoms with Gasteiger partial charge in [-0.1, -0.05) is 117 Å². The number of fused-ring (bicyclic) bond motifs is 1. The SMILES string of the molecule is CC1=NCC(C)=C1c1cc(C)cc(C(=O)C(C)C)c1.CC1=NCC(C)=C1c1cc(C)cc(C(C)OC(C)C)c1.CC1=NCC(C)=C1c1cc(OC(C)C)cc(C(C)O)c1.COc1[c-]cc(-c2c(C)noc2CC(=O)C(C)C)cc1.COc1c[c-]cc(-c2c(C)noc2CC(=O)C(C)C)c1.Clc1cc[c-]cc1.Clc1cc[c-]cc1.[CH2-]CN1C(=O)NCc2cc(-c3c(CC(=O)C(C)C)noc3C)ccc21.[CH3-].[V+2].[V+2].[V+2]. The number of benzene rings is 8. The van der Waals surface area contributed by atoms with E-state index in [0.29, 0.717) is 47.6 Å². The minimum absolute atomic E-state index is 0. The maximum absolute atomic E-state index is 12.2. The monoisotopic (exact) mass is 2070 g/mol. The van der Waals surface area contributed by atoms with E-state index in [1.807, 2.05) is 190 Å². The summed E-state index contributed by atoms with van der Waals surface area (Å²) in [6, 6.07) is 61.6. The van der Waals surface area contributed by atoms with Crippen LogP contribution in [0.3, 0.4) is 0 Å². The number of carbonyl (C=O) groups is 5. The standard InChI is InChI=1S/C19H22N3O3.C18H25NO.C17H23NO2.C17H21NO.2C16H18NO3.2C6H4Cl.CH3.3V/c1-5-22-16-7-6-13(8-14(16)10-20-19(22)24)18-12(4)25-21-15(18)9-17(23)11(2)3;1-11(2)20-15(6)16-7-12(3)8-17(9-16)18-13(4)10-19-14(18)5;1-10(2)20-16-7-14(13(5)19)6-15(8-16)17-11(3)9-18-12(17)4;1-10(2)17(19)15-7-11(3)6-14(8-15)16-12(4)9-18-13(16)5;1-10(2)14(18)9-15-16(11(3)17-20-15)12-5-7-13(19-4)8-6-12;1-10(2)14(18)9-15-16(11(3)17-20-15)12-6-5-7-13(8-12)19-4;2*7-6-4-2-1-3-5-6;;;;/h6-8,11H,1,5,9-10H2,2-4H3,(H,20,24);7-9,11,15H,10H2,1-6H3;6-8,10,13,19H,9H2,1-5H3;6-8,10H,9H2,1-5H3;5-7,10H,9H2,1-4H3;6-8,10H,9H2,1-4H3;2*2-5H;1H3;;;/q-1;;;;5*-1;3*+2. The third-order valence-electron chi connectivity index (χ3n) is 22.8. The zero-order chi connectivity index (χ0) is 102. The van der Waals surface area contributed by atoms with Gasteiger partial charge in [0, 0.05) is 92.4 Å². The summed E-state index contributed by atoms with van der Waals surface area (Å²) in [4.78, 5) is 75.1. The number of hydrogen-bond donors (Lipinski definition) is 2. The Kier molecular flexibility index (Phi) is 51.7. The van der Waals surface area contributed by atoms with E-state index in [4.69, 9.17) is 55.7 Å². The van der Waals surface area contributed by atoms with Crippen molar-refractivity contribution in [2.75, 3.05) is 45.3 Å². The molecule has 0 fully saturated rings. The second-order valence-corrected chi connectivity index (χ2v) is 37.2. The molecule has 2 amide bonds. The summed E-state index contributed by atoms with van der Waals surface area (Å²) in [5, 5.41) is 26.3. The Morgan fingerprint density at radius 1 is 0.486 bits per heavy atom. The zero-order valence-electron chi connectivity index (χ0n) is 87.6. The molecule has 15 rings (SSSR count). The number of ether oxygens (including phenoxy) is 4. The number of aliphatic hydroxyl groups excluding tert-OH is 1. The average Bonchev–Trinajstić information content (AvgIpc) is 0.841. The first-order valence-electron chi connectivity index (χ1n) is 46.8. The molecule has 2 atom stereocenters. The Morgan fingerprint density at radius 2 is 0.958 bits per heavy atom. The van der Waals surface area contributed by atoms with Crippen LogP contribution < -0.4 is 24.4 Å². The number of urea groups is 1. The Hall–Kier alpha value is -10.8. The zero-order valence-corrected chi connectivity index (χ0v) is 93.3. The van der Waals surface area contributed by atoms with Crippen LogP contribution in [-0.4, -0.2) is 119 Å². The van der Waals surface area contributed by atoms with E-state index in [1.165, 1.54) is 50.1 Å². The molecule has 2 unspecified atom stereocenters. The maximum Gasteiger partial charge on any atom is 2.00 e. The average molecular weight is 2080 g/mol. The molecule has 2 N–H and O–H groups in total. The number of hydrogen-bond acceptors (Lipinski definition) is 19. The van der Waals surface area contributed by atoms with Crippen LogP contribution in [-0.2, 0) is 101 Å². The number of anilines is 1. The number of aromatic nitrogens is 3. The molecule has 21 nitrogen and oxygen atoms in total. The molecule has 3 radical (unpaired) electrons. The van der Waals surface area contributed by atoms with Crippen molar-refractivity contribution in [3.05, 3.63) is 308 Å². The van der Waals surface area contributed by atoms with Gasteiger partial charge < -0.3 is 62.2 Å². The third kappa shape index (κ3) is 35.9. The van der Waals surface area contributed by atoms with Crippen LogP contribution in [0.15, 0.2) is 203 Å². The number of carbonyl (C=O) groups excluding carboxylic acids is 5. The number of aryl methyl sites for hydroxylation is 5. The van der Waals surface area contributed by atoms with E-state index >= 15 is 0 Å². The minimum Gasteiger partial charge on any atom is -0.554 e. The molecule has 26 heteroatoms. The first-order valence-corrected chi connectivity index (χ1v) is 47.5. The van der Waals surface area contributed by atoms with E-state index in [-0.39, 0.29) is 154 Å². The van der Waals surface area contributed by atoms with Gasteiger partial charge in [-0.2, -0.15) is 84.9 Å². The molecule has 4 aliphatic rings. The molecule has 0 spiro atoms. The van der Waals surface area contributed by atoms with Gasteiger partial charge in [-0.15, -0.1) is 58.6 Å². The van der Waals surface area contributed by atoms with Crippen LogP contribution in [0.25, 0.3) is 50.1 Å². The number of nitrogens with one attached hydrogen (secondary N) is 1. The molecule has 749 valence electrons. The molecule has 142 heavy (non-hydrogen) atoms. The van der Waals surface area contributed by atoms with Gasteiger partial charge in [-0.25, -0.2) is 4.79 Å². The number of halogens is 2. The number of allylic oxidation sites excluding steroid dienone is 3. The van der Waals surface area contributed by atoms with Gasteiger partial charge in [0.1, 0.15) is 40.4 Å². The molecule has 0 saturated heterocycles. The Labute approximate surface area is 888 Å². The molecule has 4 aliphatic heterocycles. The van der Waals surface area contributed by atoms with Gasteiger partial charge in [-0.05, 0) is 239 Å². The Bertz CT molecular complexity index is 6180. The van der Waals surface area contributed by atoms with Crippen molar-refractivity contribution in [1.82, 2.24) is 20.8 Å². The topological polar surface area (TPSA) is 273 Å². The van der Waals surface area contributed by atoms with Crippen molar-refractivity contribution in [3.8, 4) is 50.6 Å². The summed E-state index contributed by atoms with van der Waals surface area (Å²) in [5.41, 5.74) is 29.1. The maximum atomic E-state index is 12.2. The number of ketones is 4. The van der Waals surface area contributed by atoms with Crippen molar-refractivity contribution in [2.45, 2.75) is 223 Å². The number of nitrogens with zero attached hydrogens (tertiary/aromatic N) is 7. The quantitative estimate of drug-likeness (QED) is 0.0377. The number of amides is 2. The van der Waals surface area contributed by atoms with E-state index in [2.05, 4.69) is 147 Å². The van der Waals surface area contributed by atoms with Crippen molar-refractivity contribution in [2.24, 2.45) is 38.6 Å². The first kappa shape index (κ1) is 124. The number of rotatable bonds is 26. The van der Waals surface area contributed by atoms with Crippen LogP contribution in [0, 0.1) is 96.9 Å². The van der Waals surface area contributed by atoms with Gasteiger partial charge in [-0.3, -0.25) is 34.2 Å². The predicted molar refractivity (Wildman–Crippen MR) is 564 cm³/mol. The van der Waals surface area contributed by atoms with Gasteiger partial charge in [0.05, 0.1) is 94.6 Å². The largest absolute Gasteiger partial charge is 2.00 e. The first-order chi connectivity index (χ1) is 65.4. The van der Waals surface area contributed by atoms with Crippen LogP contribution in [0.1, 0.15) is 240 Å². The van der Waals surface area contributed by atoms with Crippen LogP contribution in [0.5, 0.6) is 17.2 Å². The normalized spacial score (nSPS) is 13.1. The van der Waals surface area contributed by atoms with E-state index in [9.17, 15) is 29.1 Å².